The van der Waals surface area contributed by atoms with Crippen molar-refractivity contribution >= 4 is 27.5 Å². The lowest BCUT2D eigenvalue weighted by molar-refractivity contribution is 0.383. The van der Waals surface area contributed by atoms with Gasteiger partial charge in [0.25, 0.3) is 0 Å². The van der Waals surface area contributed by atoms with Crippen molar-refractivity contribution in [1.82, 2.24) is 19.3 Å². The van der Waals surface area contributed by atoms with Crippen LogP contribution in [-0.4, -0.2) is 61.0 Å². The molecule has 0 bridgehead atoms. The van der Waals surface area contributed by atoms with Gasteiger partial charge in [-0.15, -0.1) is 0 Å². The minimum Gasteiger partial charge on any atom is -0.496 e. The maximum absolute atomic E-state index is 13.1. The molecule has 4 rings (SSSR count). The van der Waals surface area contributed by atoms with Crippen LogP contribution in [0.3, 0.4) is 0 Å². The van der Waals surface area contributed by atoms with Crippen molar-refractivity contribution in [3.63, 3.8) is 0 Å². The highest BCUT2D eigenvalue weighted by Gasteiger charge is 2.29. The Balaban J connectivity index is 1.44. The molecule has 10 heteroatoms. The molecule has 162 valence electrons. The molecule has 1 aliphatic heterocycles. The fraction of sp³-hybridized carbons (Fsp3) is 0.286. The lowest BCUT2D eigenvalue weighted by atomic mass is 10.2. The SMILES string of the molecule is COc1ccc(S(=O)(=O)N2CCN(c3cc(Nc4ccccn4)ncn3)CC2)cc1C. The number of nitrogens with zero attached hydrogens (tertiary/aromatic N) is 5. The Hall–Kier alpha value is -3.24. The van der Waals surface area contributed by atoms with Crippen LogP contribution >= 0.6 is 0 Å². The summed E-state index contributed by atoms with van der Waals surface area (Å²) in [5, 5.41) is 3.15. The van der Waals surface area contributed by atoms with Crippen LogP contribution in [0.25, 0.3) is 0 Å². The first-order valence-corrected chi connectivity index (χ1v) is 11.3. The lowest BCUT2D eigenvalue weighted by Crippen LogP contribution is -2.48. The Morgan fingerprint density at radius 1 is 0.968 bits per heavy atom. The number of methoxy groups -OCH3 is 1. The van der Waals surface area contributed by atoms with E-state index in [0.29, 0.717) is 43.6 Å². The molecule has 0 radical (unpaired) electrons. The Bertz CT molecular complexity index is 1150. The largest absolute Gasteiger partial charge is 0.496 e. The molecule has 1 aromatic carbocycles. The molecule has 0 saturated carbocycles. The highest BCUT2D eigenvalue weighted by molar-refractivity contribution is 7.89. The smallest absolute Gasteiger partial charge is 0.243 e. The van der Waals surface area contributed by atoms with E-state index in [-0.39, 0.29) is 4.90 Å². The molecule has 2 aromatic heterocycles. The third-order valence-electron chi connectivity index (χ3n) is 5.14. The van der Waals surface area contributed by atoms with Crippen molar-refractivity contribution in [3.8, 4) is 5.75 Å². The van der Waals surface area contributed by atoms with Gasteiger partial charge in [-0.2, -0.15) is 4.31 Å². The predicted molar refractivity (Wildman–Crippen MR) is 118 cm³/mol. The molecular weight excluding hydrogens is 416 g/mol. The van der Waals surface area contributed by atoms with Gasteiger partial charge in [0.1, 0.15) is 29.5 Å². The van der Waals surface area contributed by atoms with Crippen LogP contribution in [0.4, 0.5) is 17.5 Å². The Labute approximate surface area is 181 Å². The van der Waals surface area contributed by atoms with Gasteiger partial charge in [-0.05, 0) is 42.8 Å². The van der Waals surface area contributed by atoms with Gasteiger partial charge in [0.2, 0.25) is 10.0 Å². The predicted octanol–water partition coefficient (Wildman–Crippen LogP) is 2.44. The zero-order valence-corrected chi connectivity index (χ0v) is 18.2. The molecule has 0 amide bonds. The van der Waals surface area contributed by atoms with Crippen LogP contribution in [0.2, 0.25) is 0 Å². The van der Waals surface area contributed by atoms with Gasteiger partial charge in [0, 0.05) is 38.4 Å². The molecule has 1 N–H and O–H groups in total. The molecule has 1 saturated heterocycles. The second-order valence-corrected chi connectivity index (χ2v) is 9.06. The van der Waals surface area contributed by atoms with Crippen LogP contribution in [0, 0.1) is 6.92 Å². The van der Waals surface area contributed by atoms with Gasteiger partial charge in [0.05, 0.1) is 12.0 Å². The number of nitrogens with one attached hydrogen (secondary N) is 1. The number of piperazine rings is 1. The summed E-state index contributed by atoms with van der Waals surface area (Å²) in [5.41, 5.74) is 0.788. The molecule has 0 atom stereocenters. The summed E-state index contributed by atoms with van der Waals surface area (Å²) in [4.78, 5) is 15.2. The minimum atomic E-state index is -3.57. The summed E-state index contributed by atoms with van der Waals surface area (Å²) in [6.45, 7) is 3.66. The monoisotopic (exact) mass is 440 g/mol. The Morgan fingerprint density at radius 3 is 2.45 bits per heavy atom. The normalized spacial score (nSPS) is 15.0. The minimum absolute atomic E-state index is 0.281. The number of ether oxygens (including phenoxy) is 1. The second-order valence-electron chi connectivity index (χ2n) is 7.12. The molecule has 0 aliphatic carbocycles. The van der Waals surface area contributed by atoms with E-state index in [0.717, 1.165) is 11.4 Å². The number of hydrogen-bond donors (Lipinski definition) is 1. The van der Waals surface area contributed by atoms with Gasteiger partial charge in [-0.1, -0.05) is 6.07 Å². The van der Waals surface area contributed by atoms with Crippen LogP contribution in [0.15, 0.2) is 59.9 Å². The summed E-state index contributed by atoms with van der Waals surface area (Å²) < 4.78 is 32.9. The zero-order valence-electron chi connectivity index (χ0n) is 17.4. The maximum Gasteiger partial charge on any atom is 0.243 e. The summed E-state index contributed by atoms with van der Waals surface area (Å²) in [6, 6.07) is 12.4. The van der Waals surface area contributed by atoms with Gasteiger partial charge in [-0.25, -0.2) is 23.4 Å². The van der Waals surface area contributed by atoms with E-state index >= 15 is 0 Å². The lowest BCUT2D eigenvalue weighted by Gasteiger charge is -2.34. The average Bonchev–Trinajstić information content (AvgIpc) is 2.80. The summed E-state index contributed by atoms with van der Waals surface area (Å²) >= 11 is 0. The first-order valence-electron chi connectivity index (χ1n) is 9.87. The van der Waals surface area contributed by atoms with E-state index in [1.54, 1.807) is 31.5 Å². The van der Waals surface area contributed by atoms with E-state index in [1.807, 2.05) is 31.2 Å². The molecular formula is C21H24N6O3S. The molecule has 0 spiro atoms. The van der Waals surface area contributed by atoms with Crippen LogP contribution < -0.4 is 15.0 Å². The number of hydrogen-bond acceptors (Lipinski definition) is 8. The first kappa shape index (κ1) is 21.0. The van der Waals surface area contributed by atoms with Gasteiger partial charge < -0.3 is 15.0 Å². The highest BCUT2D eigenvalue weighted by atomic mass is 32.2. The van der Waals surface area contributed by atoms with Crippen LogP contribution in [0.1, 0.15) is 5.56 Å². The summed E-state index contributed by atoms with van der Waals surface area (Å²) in [7, 11) is -2.00. The zero-order chi connectivity index (χ0) is 21.8. The van der Waals surface area contributed by atoms with Crippen molar-refractivity contribution in [3.05, 3.63) is 60.6 Å². The first-order chi connectivity index (χ1) is 15.0. The highest BCUT2D eigenvalue weighted by Crippen LogP contribution is 2.25. The van der Waals surface area contributed by atoms with Gasteiger partial charge in [0.15, 0.2) is 0 Å². The van der Waals surface area contributed by atoms with E-state index in [1.165, 1.54) is 10.6 Å². The summed E-state index contributed by atoms with van der Waals surface area (Å²) in [5.74, 6) is 2.73. The van der Waals surface area contributed by atoms with E-state index in [4.69, 9.17) is 4.74 Å². The average molecular weight is 441 g/mol. The molecule has 3 heterocycles. The number of pyridine rings is 1. The quantitative estimate of drug-likeness (QED) is 0.624. The second kappa shape index (κ2) is 8.86. The number of benzene rings is 1. The number of aryl methyl sites for hydroxylation is 1. The fourth-order valence-corrected chi connectivity index (χ4v) is 4.98. The van der Waals surface area contributed by atoms with E-state index in [2.05, 4.69) is 25.2 Å². The van der Waals surface area contributed by atoms with Gasteiger partial charge in [-0.3, -0.25) is 0 Å². The number of aromatic nitrogens is 3. The molecule has 1 aliphatic rings. The Kier molecular flexibility index (Phi) is 6.01. The third kappa shape index (κ3) is 4.59. The summed E-state index contributed by atoms with van der Waals surface area (Å²) in [6.07, 6.45) is 3.19. The van der Waals surface area contributed by atoms with Crippen LogP contribution in [-0.2, 0) is 10.0 Å². The van der Waals surface area contributed by atoms with E-state index in [9.17, 15) is 8.42 Å². The van der Waals surface area contributed by atoms with Gasteiger partial charge >= 0.3 is 0 Å². The number of rotatable bonds is 6. The molecule has 1 fully saturated rings. The standard InChI is InChI=1S/C21H24N6O3S/c1-16-13-17(6-7-18(16)30-2)31(28,29)27-11-9-26(10-12-27)21-14-20(23-15-24-21)25-19-5-3-4-8-22-19/h3-8,13-15H,9-12H2,1-2H3,(H,22,23,24,25). The van der Waals surface area contributed by atoms with E-state index < -0.39 is 10.0 Å². The van der Waals surface area contributed by atoms with Crippen molar-refractivity contribution in [2.24, 2.45) is 0 Å². The number of anilines is 3. The molecule has 9 nitrogen and oxygen atoms in total. The molecule has 31 heavy (non-hydrogen) atoms. The fourth-order valence-electron chi connectivity index (χ4n) is 3.47. The molecule has 0 unspecified atom stereocenters. The van der Waals surface area contributed by atoms with Crippen molar-refractivity contribution in [2.75, 3.05) is 43.5 Å². The van der Waals surface area contributed by atoms with Crippen molar-refractivity contribution in [2.45, 2.75) is 11.8 Å². The van der Waals surface area contributed by atoms with Crippen molar-refractivity contribution in [1.29, 1.82) is 0 Å². The third-order valence-corrected chi connectivity index (χ3v) is 7.04. The maximum atomic E-state index is 13.1. The number of sulfonamides is 1. The van der Waals surface area contributed by atoms with Crippen molar-refractivity contribution < 1.29 is 13.2 Å². The topological polar surface area (TPSA) is 101 Å². The van der Waals surface area contributed by atoms with Crippen LogP contribution in [0.5, 0.6) is 5.75 Å². The molecule has 3 aromatic rings. The Morgan fingerprint density at radius 2 is 1.77 bits per heavy atom.